The SMILES string of the molecule is COCCOc1ccc(NC(=O)Cc2ccc(NS(=O)(=O)c3ccc(F)cc3)cc2)cn1. The van der Waals surface area contributed by atoms with E-state index in [-0.39, 0.29) is 17.2 Å². The van der Waals surface area contributed by atoms with Crippen molar-refractivity contribution in [2.75, 3.05) is 30.4 Å². The molecule has 1 amide bonds. The number of ether oxygens (including phenoxy) is 2. The Morgan fingerprint density at radius 3 is 2.28 bits per heavy atom. The largest absolute Gasteiger partial charge is 0.475 e. The highest BCUT2D eigenvalue weighted by Crippen LogP contribution is 2.18. The van der Waals surface area contributed by atoms with E-state index in [1.165, 1.54) is 18.3 Å². The molecule has 0 aliphatic carbocycles. The van der Waals surface area contributed by atoms with Crippen molar-refractivity contribution < 1.29 is 27.1 Å². The first kappa shape index (κ1) is 23.2. The third-order valence-corrected chi connectivity index (χ3v) is 5.65. The van der Waals surface area contributed by atoms with Crippen LogP contribution >= 0.6 is 0 Å². The summed E-state index contributed by atoms with van der Waals surface area (Å²) >= 11 is 0. The molecule has 168 valence electrons. The van der Waals surface area contributed by atoms with Crippen LogP contribution in [-0.2, 0) is 26.0 Å². The highest BCUT2D eigenvalue weighted by atomic mass is 32.2. The van der Waals surface area contributed by atoms with Gasteiger partial charge in [-0.25, -0.2) is 17.8 Å². The number of anilines is 2. The average Bonchev–Trinajstić information content (AvgIpc) is 2.76. The van der Waals surface area contributed by atoms with Crippen molar-refractivity contribution in [3.8, 4) is 5.88 Å². The number of hydrogen-bond acceptors (Lipinski definition) is 6. The molecule has 0 fully saturated rings. The van der Waals surface area contributed by atoms with Crippen LogP contribution in [0.3, 0.4) is 0 Å². The standard InChI is InChI=1S/C22H22FN3O5S/c1-30-12-13-31-22-11-8-19(15-24-22)25-21(27)14-16-2-6-18(7-3-16)26-32(28,29)20-9-4-17(23)5-10-20/h2-11,15,26H,12-14H2,1H3,(H,25,27). The number of carbonyl (C=O) groups is 1. The molecular formula is C22H22FN3O5S. The van der Waals surface area contributed by atoms with Gasteiger partial charge in [0.2, 0.25) is 11.8 Å². The van der Waals surface area contributed by atoms with Crippen LogP contribution in [0.1, 0.15) is 5.56 Å². The van der Waals surface area contributed by atoms with Crippen LogP contribution in [0.4, 0.5) is 15.8 Å². The number of carbonyl (C=O) groups excluding carboxylic acids is 1. The maximum absolute atomic E-state index is 13.0. The van der Waals surface area contributed by atoms with Gasteiger partial charge in [-0.3, -0.25) is 9.52 Å². The van der Waals surface area contributed by atoms with Crippen LogP contribution < -0.4 is 14.8 Å². The van der Waals surface area contributed by atoms with Crippen LogP contribution in [0.5, 0.6) is 5.88 Å². The minimum absolute atomic E-state index is 0.0499. The molecule has 0 atom stereocenters. The summed E-state index contributed by atoms with van der Waals surface area (Å²) in [5.41, 5.74) is 1.55. The summed E-state index contributed by atoms with van der Waals surface area (Å²) in [6, 6.07) is 14.2. The third kappa shape index (κ3) is 6.76. The van der Waals surface area contributed by atoms with Crippen LogP contribution in [0.15, 0.2) is 71.8 Å². The summed E-state index contributed by atoms with van der Waals surface area (Å²) in [5.74, 6) is -0.341. The quantitative estimate of drug-likeness (QED) is 0.451. The molecule has 0 unspecified atom stereocenters. The number of benzene rings is 2. The molecule has 0 saturated carbocycles. The topological polar surface area (TPSA) is 107 Å². The van der Waals surface area contributed by atoms with E-state index in [1.807, 2.05) is 0 Å². The first-order valence-corrected chi connectivity index (χ1v) is 11.1. The maximum atomic E-state index is 13.0. The number of aromatic nitrogens is 1. The van der Waals surface area contributed by atoms with Gasteiger partial charge in [0, 0.05) is 18.9 Å². The van der Waals surface area contributed by atoms with Crippen LogP contribution in [-0.4, -0.2) is 39.6 Å². The predicted octanol–water partition coefficient (Wildman–Crippen LogP) is 3.23. The van der Waals surface area contributed by atoms with E-state index >= 15 is 0 Å². The van der Waals surface area contributed by atoms with Gasteiger partial charge in [-0.1, -0.05) is 12.1 Å². The molecule has 0 aliphatic rings. The molecule has 0 saturated heterocycles. The minimum atomic E-state index is -3.84. The number of pyridine rings is 1. The van der Waals surface area contributed by atoms with Crippen molar-refractivity contribution in [1.29, 1.82) is 0 Å². The van der Waals surface area contributed by atoms with Crippen molar-refractivity contribution >= 4 is 27.3 Å². The lowest BCUT2D eigenvalue weighted by Crippen LogP contribution is -2.15. The third-order valence-electron chi connectivity index (χ3n) is 4.25. The zero-order valence-electron chi connectivity index (χ0n) is 17.2. The number of nitrogens with one attached hydrogen (secondary N) is 2. The first-order valence-electron chi connectivity index (χ1n) is 9.61. The minimum Gasteiger partial charge on any atom is -0.475 e. The highest BCUT2D eigenvalue weighted by Gasteiger charge is 2.14. The molecule has 32 heavy (non-hydrogen) atoms. The molecule has 8 nitrogen and oxygen atoms in total. The second-order valence-corrected chi connectivity index (χ2v) is 8.39. The van der Waals surface area contributed by atoms with Crippen molar-refractivity contribution in [2.24, 2.45) is 0 Å². The zero-order valence-corrected chi connectivity index (χ0v) is 18.1. The van der Waals surface area contributed by atoms with E-state index in [0.717, 1.165) is 12.1 Å². The van der Waals surface area contributed by atoms with Gasteiger partial charge in [0.1, 0.15) is 12.4 Å². The molecule has 3 rings (SSSR count). The number of methoxy groups -OCH3 is 1. The van der Waals surface area contributed by atoms with Gasteiger partial charge in [0.25, 0.3) is 10.0 Å². The lowest BCUT2D eigenvalue weighted by Gasteiger charge is -2.10. The fraction of sp³-hybridized carbons (Fsp3) is 0.182. The van der Waals surface area contributed by atoms with Gasteiger partial charge in [-0.2, -0.15) is 0 Å². The van der Waals surface area contributed by atoms with Crippen LogP contribution in [0.2, 0.25) is 0 Å². The summed E-state index contributed by atoms with van der Waals surface area (Å²) < 4.78 is 50.4. The van der Waals surface area contributed by atoms with Gasteiger partial charge < -0.3 is 14.8 Å². The molecule has 0 radical (unpaired) electrons. The summed E-state index contributed by atoms with van der Waals surface area (Å²) in [6.45, 7) is 0.831. The van der Waals surface area contributed by atoms with Gasteiger partial charge in [-0.15, -0.1) is 0 Å². The predicted molar refractivity (Wildman–Crippen MR) is 118 cm³/mol. The molecule has 1 aromatic heterocycles. The molecule has 1 heterocycles. The number of amides is 1. The zero-order chi connectivity index (χ0) is 23.0. The van der Waals surface area contributed by atoms with Crippen molar-refractivity contribution in [3.05, 3.63) is 78.2 Å². The summed E-state index contributed by atoms with van der Waals surface area (Å²) in [5, 5.41) is 2.74. The summed E-state index contributed by atoms with van der Waals surface area (Å²) in [7, 11) is -2.26. The Balaban J connectivity index is 1.53. The number of nitrogens with zero attached hydrogens (tertiary/aromatic N) is 1. The van der Waals surface area contributed by atoms with Crippen molar-refractivity contribution in [2.45, 2.75) is 11.3 Å². The first-order chi connectivity index (χ1) is 15.4. The van der Waals surface area contributed by atoms with Crippen molar-refractivity contribution in [1.82, 2.24) is 4.98 Å². The highest BCUT2D eigenvalue weighted by molar-refractivity contribution is 7.92. The fourth-order valence-electron chi connectivity index (χ4n) is 2.68. The van der Waals surface area contributed by atoms with E-state index in [2.05, 4.69) is 15.0 Å². The lowest BCUT2D eigenvalue weighted by molar-refractivity contribution is -0.115. The second-order valence-electron chi connectivity index (χ2n) is 6.71. The molecule has 2 N–H and O–H groups in total. The van der Waals surface area contributed by atoms with Gasteiger partial charge in [-0.05, 0) is 48.0 Å². The van der Waals surface area contributed by atoms with E-state index in [9.17, 15) is 17.6 Å². The Hall–Kier alpha value is -3.50. The number of hydrogen-bond donors (Lipinski definition) is 2. The molecule has 0 spiro atoms. The lowest BCUT2D eigenvalue weighted by atomic mass is 10.1. The number of halogens is 1. The Morgan fingerprint density at radius 1 is 0.969 bits per heavy atom. The number of sulfonamides is 1. The monoisotopic (exact) mass is 459 g/mol. The smallest absolute Gasteiger partial charge is 0.261 e. The number of rotatable bonds is 10. The van der Waals surface area contributed by atoms with Gasteiger partial charge >= 0.3 is 0 Å². The van der Waals surface area contributed by atoms with Gasteiger partial charge in [0.15, 0.2) is 0 Å². The van der Waals surface area contributed by atoms with Crippen LogP contribution in [0.25, 0.3) is 0 Å². The summed E-state index contributed by atoms with van der Waals surface area (Å²) in [6.07, 6.45) is 1.59. The normalized spacial score (nSPS) is 11.1. The molecule has 0 aliphatic heterocycles. The second kappa shape index (κ2) is 10.7. The molecular weight excluding hydrogens is 437 g/mol. The maximum Gasteiger partial charge on any atom is 0.261 e. The molecule has 2 aromatic carbocycles. The van der Waals surface area contributed by atoms with Crippen LogP contribution in [0, 0.1) is 5.82 Å². The summed E-state index contributed by atoms with van der Waals surface area (Å²) in [4.78, 5) is 16.3. The Morgan fingerprint density at radius 2 is 1.66 bits per heavy atom. The Bertz CT molecular complexity index is 1140. The van der Waals surface area contributed by atoms with E-state index < -0.39 is 15.8 Å². The molecule has 0 bridgehead atoms. The molecule has 10 heteroatoms. The molecule has 3 aromatic rings. The van der Waals surface area contributed by atoms with Crippen molar-refractivity contribution in [3.63, 3.8) is 0 Å². The van der Waals surface area contributed by atoms with E-state index in [1.54, 1.807) is 43.5 Å². The fourth-order valence-corrected chi connectivity index (χ4v) is 3.74. The Kier molecular flexibility index (Phi) is 7.74. The Labute approximate surface area is 185 Å². The van der Waals surface area contributed by atoms with Gasteiger partial charge in [0.05, 0.1) is 29.8 Å². The van der Waals surface area contributed by atoms with E-state index in [4.69, 9.17) is 9.47 Å². The van der Waals surface area contributed by atoms with E-state index in [0.29, 0.717) is 36.0 Å². The average molecular weight is 459 g/mol.